The van der Waals surface area contributed by atoms with Crippen molar-refractivity contribution >= 4 is 17.3 Å². The van der Waals surface area contributed by atoms with E-state index in [2.05, 4.69) is 63.4 Å². The normalized spacial score (nSPS) is 16.5. The Labute approximate surface area is 190 Å². The third-order valence-corrected chi connectivity index (χ3v) is 6.47. The highest BCUT2D eigenvalue weighted by atomic mass is 35.5. The van der Waals surface area contributed by atoms with Gasteiger partial charge in [-0.2, -0.15) is 0 Å². The lowest BCUT2D eigenvalue weighted by atomic mass is 9.89. The summed E-state index contributed by atoms with van der Waals surface area (Å²) in [6.45, 7) is 7.15. The minimum atomic E-state index is -0.519. The summed E-state index contributed by atoms with van der Waals surface area (Å²) in [4.78, 5) is 2.54. The lowest BCUT2D eigenvalue weighted by Crippen LogP contribution is -2.33. The average Bonchev–Trinajstić information content (AvgIpc) is 3.23. The molecule has 5 heteroatoms. The van der Waals surface area contributed by atoms with Crippen LogP contribution in [0.3, 0.4) is 0 Å². The van der Waals surface area contributed by atoms with Gasteiger partial charge in [0.15, 0.2) is 0 Å². The van der Waals surface area contributed by atoms with Crippen LogP contribution in [-0.2, 0) is 6.54 Å². The smallest absolute Gasteiger partial charge is 0.126 e. The monoisotopic (exact) mass is 437 g/mol. The first-order valence-corrected chi connectivity index (χ1v) is 11.6. The molecule has 4 rings (SSSR count). The van der Waals surface area contributed by atoms with Gasteiger partial charge in [-0.25, -0.2) is 0 Å². The quantitative estimate of drug-likeness (QED) is 0.452. The van der Waals surface area contributed by atoms with E-state index in [1.807, 2.05) is 32.0 Å². The van der Waals surface area contributed by atoms with Crippen LogP contribution in [0, 0.1) is 5.92 Å². The molecule has 2 N–H and O–H groups in total. The van der Waals surface area contributed by atoms with Crippen LogP contribution in [0.1, 0.15) is 43.9 Å². The summed E-state index contributed by atoms with van der Waals surface area (Å²) in [5.41, 5.74) is 4.81. The summed E-state index contributed by atoms with van der Waals surface area (Å²) >= 11 is 6.05. The molecule has 2 heterocycles. The van der Waals surface area contributed by atoms with Gasteiger partial charge in [0.2, 0.25) is 0 Å². The molecule has 1 unspecified atom stereocenters. The van der Waals surface area contributed by atoms with E-state index in [0.717, 1.165) is 48.9 Å². The van der Waals surface area contributed by atoms with Gasteiger partial charge in [0, 0.05) is 34.8 Å². The largest absolute Gasteiger partial charge is 0.374 e. The van der Waals surface area contributed by atoms with Gasteiger partial charge in [0.1, 0.15) is 6.23 Å². The number of benzene rings is 2. The Balaban J connectivity index is 1.36. The molecule has 1 aliphatic rings. The van der Waals surface area contributed by atoms with Gasteiger partial charge in [-0.05, 0) is 91.9 Å². The topological polar surface area (TPSA) is 40.4 Å². The van der Waals surface area contributed by atoms with Crippen molar-refractivity contribution in [2.45, 2.75) is 45.4 Å². The molecule has 1 atom stereocenters. The third-order valence-electron chi connectivity index (χ3n) is 6.22. The second-order valence-electron chi connectivity index (χ2n) is 8.86. The Morgan fingerprint density at radius 1 is 1.03 bits per heavy atom. The maximum atomic E-state index is 10.1. The maximum absolute atomic E-state index is 10.1. The van der Waals surface area contributed by atoms with E-state index in [-0.39, 0.29) is 5.92 Å². The minimum Gasteiger partial charge on any atom is -0.374 e. The van der Waals surface area contributed by atoms with Gasteiger partial charge in [0.25, 0.3) is 0 Å². The molecule has 1 aromatic heterocycles. The molecular formula is C26H32ClN3O. The summed E-state index contributed by atoms with van der Waals surface area (Å²) in [6.07, 6.45) is 3.90. The molecule has 0 radical (unpaired) electrons. The number of piperidine rings is 1. The van der Waals surface area contributed by atoms with Crippen molar-refractivity contribution in [1.29, 1.82) is 0 Å². The van der Waals surface area contributed by atoms with Crippen LogP contribution in [0.25, 0.3) is 5.69 Å². The fraction of sp³-hybridized carbons (Fsp3) is 0.385. The van der Waals surface area contributed by atoms with Crippen LogP contribution in [0.5, 0.6) is 0 Å². The zero-order valence-electron chi connectivity index (χ0n) is 18.3. The predicted molar refractivity (Wildman–Crippen MR) is 129 cm³/mol. The second kappa shape index (κ2) is 9.90. The van der Waals surface area contributed by atoms with Crippen LogP contribution in [0.2, 0.25) is 5.02 Å². The molecule has 0 aliphatic carbocycles. The Bertz CT molecular complexity index is 974. The molecular weight excluding hydrogens is 406 g/mol. The van der Waals surface area contributed by atoms with E-state index in [9.17, 15) is 5.11 Å². The summed E-state index contributed by atoms with van der Waals surface area (Å²) in [5.74, 6) is 0.746. The van der Waals surface area contributed by atoms with Gasteiger partial charge in [0.05, 0.1) is 0 Å². The second-order valence-corrected chi connectivity index (χ2v) is 9.29. The van der Waals surface area contributed by atoms with E-state index in [4.69, 9.17) is 11.6 Å². The van der Waals surface area contributed by atoms with Crippen molar-refractivity contribution in [2.24, 2.45) is 5.92 Å². The highest BCUT2D eigenvalue weighted by molar-refractivity contribution is 6.30. The molecule has 0 saturated carbocycles. The molecule has 1 saturated heterocycles. The van der Waals surface area contributed by atoms with Crippen molar-refractivity contribution in [3.8, 4) is 5.69 Å². The molecule has 1 fully saturated rings. The molecule has 3 aromatic rings. The number of hydrogen-bond donors (Lipinski definition) is 2. The first-order chi connectivity index (χ1) is 15.0. The maximum Gasteiger partial charge on any atom is 0.126 e. The number of hydrogen-bond acceptors (Lipinski definition) is 3. The predicted octanol–water partition coefficient (Wildman–Crippen LogP) is 5.90. The lowest BCUT2D eigenvalue weighted by molar-refractivity contribution is 0.153. The molecule has 31 heavy (non-hydrogen) atoms. The van der Waals surface area contributed by atoms with Crippen LogP contribution in [-0.4, -0.2) is 33.9 Å². The molecule has 0 amide bonds. The van der Waals surface area contributed by atoms with Gasteiger partial charge in [-0.15, -0.1) is 0 Å². The van der Waals surface area contributed by atoms with Gasteiger partial charge < -0.3 is 15.0 Å². The SMILES string of the molecule is CC(C)C(O)Nc1cccc(C2CCN(Cc3cccn3-c3ccc(Cl)cc3)CC2)c1. The molecule has 4 nitrogen and oxygen atoms in total. The van der Waals surface area contributed by atoms with Gasteiger partial charge in [-0.1, -0.05) is 37.6 Å². The molecule has 0 bridgehead atoms. The number of nitrogens with zero attached hydrogens (tertiary/aromatic N) is 2. The fourth-order valence-corrected chi connectivity index (χ4v) is 4.40. The summed E-state index contributed by atoms with van der Waals surface area (Å²) in [6, 6.07) is 20.9. The van der Waals surface area contributed by atoms with Crippen LogP contribution < -0.4 is 5.32 Å². The molecule has 1 aliphatic heterocycles. The van der Waals surface area contributed by atoms with Crippen LogP contribution >= 0.6 is 11.6 Å². The lowest BCUT2D eigenvalue weighted by Gasteiger charge is -2.32. The number of anilines is 1. The van der Waals surface area contributed by atoms with Crippen LogP contribution in [0.4, 0.5) is 5.69 Å². The number of halogens is 1. The Hall–Kier alpha value is -2.27. The number of likely N-dealkylation sites (tertiary alicyclic amines) is 1. The van der Waals surface area contributed by atoms with Crippen molar-refractivity contribution in [1.82, 2.24) is 9.47 Å². The summed E-state index contributed by atoms with van der Waals surface area (Å²) in [7, 11) is 0. The molecule has 164 valence electrons. The number of aromatic nitrogens is 1. The van der Waals surface area contributed by atoms with Gasteiger partial charge in [-0.3, -0.25) is 4.90 Å². The molecule has 0 spiro atoms. The Morgan fingerprint density at radius 2 is 1.77 bits per heavy atom. The highest BCUT2D eigenvalue weighted by Crippen LogP contribution is 2.30. The van der Waals surface area contributed by atoms with Crippen molar-refractivity contribution in [3.63, 3.8) is 0 Å². The zero-order valence-corrected chi connectivity index (χ0v) is 19.1. The first kappa shape index (κ1) is 21.9. The number of aliphatic hydroxyl groups is 1. The highest BCUT2D eigenvalue weighted by Gasteiger charge is 2.22. The minimum absolute atomic E-state index is 0.179. The average molecular weight is 438 g/mol. The first-order valence-electron chi connectivity index (χ1n) is 11.2. The van der Waals surface area contributed by atoms with E-state index in [1.54, 1.807) is 0 Å². The number of aliphatic hydroxyl groups excluding tert-OH is 1. The third kappa shape index (κ3) is 5.51. The van der Waals surface area contributed by atoms with Gasteiger partial charge >= 0.3 is 0 Å². The van der Waals surface area contributed by atoms with E-state index < -0.39 is 6.23 Å². The van der Waals surface area contributed by atoms with Crippen molar-refractivity contribution in [2.75, 3.05) is 18.4 Å². The van der Waals surface area contributed by atoms with Crippen molar-refractivity contribution in [3.05, 3.63) is 83.1 Å². The van der Waals surface area contributed by atoms with Crippen LogP contribution in [0.15, 0.2) is 66.9 Å². The number of rotatable bonds is 7. The summed E-state index contributed by atoms with van der Waals surface area (Å²) in [5, 5.41) is 14.1. The number of nitrogens with one attached hydrogen (secondary N) is 1. The van der Waals surface area contributed by atoms with Crippen molar-refractivity contribution < 1.29 is 5.11 Å². The zero-order chi connectivity index (χ0) is 21.8. The van der Waals surface area contributed by atoms with E-state index in [1.165, 1.54) is 11.3 Å². The fourth-order valence-electron chi connectivity index (χ4n) is 4.27. The summed E-state index contributed by atoms with van der Waals surface area (Å²) < 4.78 is 2.25. The van der Waals surface area contributed by atoms with E-state index >= 15 is 0 Å². The Morgan fingerprint density at radius 3 is 2.48 bits per heavy atom. The Kier molecular flexibility index (Phi) is 7.01. The standard InChI is InChI=1S/C26H32ClN3O/c1-19(2)26(31)28-23-6-3-5-21(17-23)20-12-15-29(16-13-20)18-25-7-4-14-30(25)24-10-8-22(27)9-11-24/h3-11,14,17,19-20,26,28,31H,12-13,15-16,18H2,1-2H3. The molecule has 2 aromatic carbocycles. The van der Waals surface area contributed by atoms with E-state index in [0.29, 0.717) is 5.92 Å².